The van der Waals surface area contributed by atoms with Crippen molar-refractivity contribution in [3.63, 3.8) is 0 Å². The maximum atomic E-state index is 6.00. The molecule has 3 rings (SSSR count). The highest BCUT2D eigenvalue weighted by molar-refractivity contribution is 5.54. The quantitative estimate of drug-likeness (QED) is 0.561. The van der Waals surface area contributed by atoms with Crippen LogP contribution < -0.4 is 24.3 Å². The van der Waals surface area contributed by atoms with Crippen LogP contribution >= 0.6 is 0 Å². The molecule has 0 aliphatic carbocycles. The summed E-state index contributed by atoms with van der Waals surface area (Å²) in [7, 11) is 4.87. The number of nitrogens with one attached hydrogen (secondary N) is 1. The van der Waals surface area contributed by atoms with Gasteiger partial charge in [-0.1, -0.05) is 30.3 Å². The first-order valence-corrected chi connectivity index (χ1v) is 9.34. The van der Waals surface area contributed by atoms with Gasteiger partial charge in [0.15, 0.2) is 11.5 Å². The summed E-state index contributed by atoms with van der Waals surface area (Å²) in [5.74, 6) is 2.49. The van der Waals surface area contributed by atoms with Gasteiger partial charge in [-0.05, 0) is 34.9 Å². The first kappa shape index (κ1) is 20.5. The molecule has 0 unspecified atom stereocenters. The number of methoxy groups -OCH3 is 3. The van der Waals surface area contributed by atoms with Gasteiger partial charge >= 0.3 is 0 Å². The van der Waals surface area contributed by atoms with Gasteiger partial charge in [-0.2, -0.15) is 0 Å². The van der Waals surface area contributed by atoms with E-state index in [9.17, 15) is 0 Å². The second-order valence-corrected chi connectivity index (χ2v) is 6.41. The number of rotatable bonds is 10. The van der Waals surface area contributed by atoms with Crippen LogP contribution in [0.25, 0.3) is 0 Å². The third kappa shape index (κ3) is 5.62. The lowest BCUT2D eigenvalue weighted by molar-refractivity contribution is 0.265. The molecule has 152 valence electrons. The number of aromatic nitrogens is 1. The Morgan fingerprint density at radius 3 is 2.10 bits per heavy atom. The summed E-state index contributed by atoms with van der Waals surface area (Å²) in [5.41, 5.74) is 3.21. The minimum Gasteiger partial charge on any atom is -0.493 e. The van der Waals surface area contributed by atoms with Crippen molar-refractivity contribution in [1.29, 1.82) is 0 Å². The average Bonchev–Trinajstić information content (AvgIpc) is 2.78. The summed E-state index contributed by atoms with van der Waals surface area (Å²) in [6.45, 7) is 1.78. The highest BCUT2D eigenvalue weighted by Crippen LogP contribution is 2.39. The third-order valence-corrected chi connectivity index (χ3v) is 4.41. The topological polar surface area (TPSA) is 61.8 Å². The van der Waals surface area contributed by atoms with Crippen molar-refractivity contribution in [3.8, 4) is 23.1 Å². The van der Waals surface area contributed by atoms with Crippen LogP contribution in [0.4, 0.5) is 0 Å². The minimum atomic E-state index is 0.440. The average molecular weight is 394 g/mol. The van der Waals surface area contributed by atoms with Crippen molar-refractivity contribution >= 4 is 0 Å². The van der Waals surface area contributed by atoms with Crippen molar-refractivity contribution in [2.75, 3.05) is 21.3 Å². The first-order valence-electron chi connectivity index (χ1n) is 9.34. The monoisotopic (exact) mass is 394 g/mol. The Bertz CT molecular complexity index is 891. The van der Waals surface area contributed by atoms with E-state index < -0.39 is 0 Å². The maximum absolute atomic E-state index is 6.00. The van der Waals surface area contributed by atoms with Gasteiger partial charge in [0.2, 0.25) is 11.6 Å². The van der Waals surface area contributed by atoms with E-state index in [0.717, 1.165) is 16.7 Å². The van der Waals surface area contributed by atoms with Gasteiger partial charge in [0.05, 0.1) is 21.3 Å². The van der Waals surface area contributed by atoms with Gasteiger partial charge in [-0.15, -0.1) is 0 Å². The number of nitrogens with zero attached hydrogens (tertiary/aromatic N) is 1. The molecule has 0 amide bonds. The van der Waals surface area contributed by atoms with Crippen LogP contribution in [0.15, 0.2) is 60.8 Å². The summed E-state index contributed by atoms with van der Waals surface area (Å²) in [6, 6.07) is 17.8. The van der Waals surface area contributed by atoms with Gasteiger partial charge in [0, 0.05) is 25.4 Å². The fraction of sp³-hybridized carbons (Fsp3) is 0.261. The van der Waals surface area contributed by atoms with E-state index in [0.29, 0.717) is 42.8 Å². The molecule has 0 radical (unpaired) electrons. The van der Waals surface area contributed by atoms with Crippen molar-refractivity contribution in [2.24, 2.45) is 0 Å². The molecule has 29 heavy (non-hydrogen) atoms. The largest absolute Gasteiger partial charge is 0.493 e. The van der Waals surface area contributed by atoms with Gasteiger partial charge in [-0.3, -0.25) is 0 Å². The highest BCUT2D eigenvalue weighted by atomic mass is 16.5. The normalized spacial score (nSPS) is 10.4. The van der Waals surface area contributed by atoms with Crippen molar-refractivity contribution in [1.82, 2.24) is 10.3 Å². The lowest BCUT2D eigenvalue weighted by Gasteiger charge is -2.16. The van der Waals surface area contributed by atoms with Crippen LogP contribution in [0, 0.1) is 0 Å². The van der Waals surface area contributed by atoms with E-state index in [1.165, 1.54) is 0 Å². The van der Waals surface area contributed by atoms with Gasteiger partial charge in [-0.25, -0.2) is 4.98 Å². The molecule has 1 heterocycles. The zero-order valence-corrected chi connectivity index (χ0v) is 17.0. The summed E-state index contributed by atoms with van der Waals surface area (Å²) in [6.07, 6.45) is 1.74. The Morgan fingerprint density at radius 1 is 0.759 bits per heavy atom. The SMILES string of the molecule is COc1cc(CNCc2cc(OC)c(OCc3ccccc3)c(OC)c2)ccn1. The fourth-order valence-electron chi connectivity index (χ4n) is 2.93. The smallest absolute Gasteiger partial charge is 0.213 e. The van der Waals surface area contributed by atoms with E-state index in [1.54, 1.807) is 27.5 Å². The predicted molar refractivity (Wildman–Crippen MR) is 112 cm³/mol. The molecule has 3 aromatic rings. The number of benzene rings is 2. The molecule has 6 nitrogen and oxygen atoms in total. The maximum Gasteiger partial charge on any atom is 0.213 e. The molecule has 0 spiro atoms. The Labute approximate surface area is 171 Å². The van der Waals surface area contributed by atoms with Crippen LogP contribution in [0.3, 0.4) is 0 Å². The zero-order valence-electron chi connectivity index (χ0n) is 17.0. The molecule has 6 heteroatoms. The number of hydrogen-bond acceptors (Lipinski definition) is 6. The number of ether oxygens (including phenoxy) is 4. The van der Waals surface area contributed by atoms with Crippen LogP contribution in [0.2, 0.25) is 0 Å². The zero-order chi connectivity index (χ0) is 20.5. The summed E-state index contributed by atoms with van der Waals surface area (Å²) < 4.78 is 22.3. The minimum absolute atomic E-state index is 0.440. The molecule has 2 aromatic carbocycles. The second-order valence-electron chi connectivity index (χ2n) is 6.41. The molecule has 0 saturated carbocycles. The van der Waals surface area contributed by atoms with Crippen LogP contribution in [0.5, 0.6) is 23.1 Å². The van der Waals surface area contributed by atoms with Crippen molar-refractivity contribution < 1.29 is 18.9 Å². The molecule has 0 fully saturated rings. The van der Waals surface area contributed by atoms with Gasteiger partial charge in [0.1, 0.15) is 6.61 Å². The molecule has 0 saturated heterocycles. The Balaban J connectivity index is 1.68. The number of pyridine rings is 1. The second kappa shape index (κ2) is 10.3. The van der Waals surface area contributed by atoms with Crippen molar-refractivity contribution in [2.45, 2.75) is 19.7 Å². The molecule has 0 aliphatic heterocycles. The highest BCUT2D eigenvalue weighted by Gasteiger charge is 2.14. The van der Waals surface area contributed by atoms with E-state index >= 15 is 0 Å². The Hall–Kier alpha value is -3.25. The van der Waals surface area contributed by atoms with Crippen LogP contribution in [-0.4, -0.2) is 26.3 Å². The molecule has 0 atom stereocenters. The molecule has 0 aliphatic rings. The Kier molecular flexibility index (Phi) is 7.30. The van der Waals surface area contributed by atoms with E-state index in [2.05, 4.69) is 10.3 Å². The molecular formula is C23H26N2O4. The van der Waals surface area contributed by atoms with Crippen LogP contribution in [0.1, 0.15) is 16.7 Å². The molecule has 1 N–H and O–H groups in total. The Morgan fingerprint density at radius 2 is 1.45 bits per heavy atom. The third-order valence-electron chi connectivity index (χ3n) is 4.41. The first-order chi connectivity index (χ1) is 14.2. The predicted octanol–water partition coefficient (Wildman–Crippen LogP) is 3.98. The van der Waals surface area contributed by atoms with Crippen LogP contribution in [-0.2, 0) is 19.7 Å². The summed E-state index contributed by atoms with van der Waals surface area (Å²) in [4.78, 5) is 4.12. The lowest BCUT2D eigenvalue weighted by atomic mass is 10.1. The van der Waals surface area contributed by atoms with E-state index in [1.807, 2.05) is 54.6 Å². The lowest BCUT2D eigenvalue weighted by Crippen LogP contribution is -2.13. The van der Waals surface area contributed by atoms with Crippen molar-refractivity contribution in [3.05, 3.63) is 77.5 Å². The molecular weight excluding hydrogens is 368 g/mol. The molecule has 0 bridgehead atoms. The summed E-state index contributed by atoms with van der Waals surface area (Å²) >= 11 is 0. The summed E-state index contributed by atoms with van der Waals surface area (Å²) in [5, 5.41) is 3.41. The van der Waals surface area contributed by atoms with Gasteiger partial charge < -0.3 is 24.3 Å². The van der Waals surface area contributed by atoms with E-state index in [4.69, 9.17) is 18.9 Å². The van der Waals surface area contributed by atoms with Gasteiger partial charge in [0.25, 0.3) is 0 Å². The number of hydrogen-bond donors (Lipinski definition) is 1. The molecule has 1 aromatic heterocycles. The standard InChI is InChI=1S/C23H26N2O4/c1-26-20-11-19(15-24-14-18-9-10-25-22(13-18)28-3)12-21(27-2)23(20)29-16-17-7-5-4-6-8-17/h4-13,24H,14-16H2,1-3H3. The van der Waals surface area contributed by atoms with E-state index in [-0.39, 0.29) is 0 Å². The fourth-order valence-corrected chi connectivity index (χ4v) is 2.93.